The zero-order valence-corrected chi connectivity index (χ0v) is 15.4. The van der Waals surface area contributed by atoms with Gasteiger partial charge < -0.3 is 10.2 Å². The van der Waals surface area contributed by atoms with Crippen LogP contribution >= 0.6 is 0 Å². The predicted octanol–water partition coefficient (Wildman–Crippen LogP) is 2.18. The summed E-state index contributed by atoms with van der Waals surface area (Å²) in [5.74, 6) is 0.323. The number of amides is 2. The van der Waals surface area contributed by atoms with Crippen molar-refractivity contribution in [2.75, 3.05) is 19.6 Å². The second-order valence-electron chi connectivity index (χ2n) is 7.67. The zero-order chi connectivity index (χ0) is 18.5. The van der Waals surface area contributed by atoms with Crippen molar-refractivity contribution in [2.45, 2.75) is 31.5 Å². The van der Waals surface area contributed by atoms with Gasteiger partial charge in [0.05, 0.1) is 6.54 Å². The van der Waals surface area contributed by atoms with E-state index in [9.17, 15) is 9.59 Å². The maximum Gasteiger partial charge on any atom is 0.242 e. The number of hydrogen-bond acceptors (Lipinski definition) is 3. The lowest BCUT2D eigenvalue weighted by Gasteiger charge is -2.49. The van der Waals surface area contributed by atoms with Crippen LogP contribution in [0.2, 0.25) is 0 Å². The Bertz CT molecular complexity index is 880. The molecule has 5 heteroatoms. The second kappa shape index (κ2) is 6.20. The number of nitrogens with one attached hydrogen (secondary N) is 1. The average molecular weight is 361 g/mol. The highest BCUT2D eigenvalue weighted by atomic mass is 16.2. The number of fused-ring (bicyclic) bond motifs is 4. The van der Waals surface area contributed by atoms with Crippen molar-refractivity contribution in [3.05, 3.63) is 59.7 Å². The van der Waals surface area contributed by atoms with Crippen LogP contribution in [-0.4, -0.2) is 53.5 Å². The van der Waals surface area contributed by atoms with E-state index in [1.54, 1.807) is 4.90 Å². The molecule has 2 atom stereocenters. The summed E-state index contributed by atoms with van der Waals surface area (Å²) >= 11 is 0. The monoisotopic (exact) mass is 361 g/mol. The fourth-order valence-electron chi connectivity index (χ4n) is 4.93. The van der Waals surface area contributed by atoms with Gasteiger partial charge in [0, 0.05) is 25.4 Å². The van der Waals surface area contributed by atoms with Crippen LogP contribution < -0.4 is 5.32 Å². The lowest BCUT2D eigenvalue weighted by molar-refractivity contribution is -0.158. The molecule has 3 aliphatic rings. The van der Waals surface area contributed by atoms with Crippen molar-refractivity contribution in [2.24, 2.45) is 0 Å². The van der Waals surface area contributed by atoms with E-state index in [1.165, 1.54) is 22.3 Å². The highest BCUT2D eigenvalue weighted by Crippen LogP contribution is 2.45. The second-order valence-corrected chi connectivity index (χ2v) is 7.67. The van der Waals surface area contributed by atoms with E-state index in [0.29, 0.717) is 18.9 Å². The summed E-state index contributed by atoms with van der Waals surface area (Å²) in [7, 11) is 0. The topological polar surface area (TPSA) is 52.7 Å². The Kier molecular flexibility index (Phi) is 3.79. The summed E-state index contributed by atoms with van der Waals surface area (Å²) in [6.45, 7) is 3.92. The van der Waals surface area contributed by atoms with E-state index < -0.39 is 6.04 Å². The molecule has 2 saturated heterocycles. The Morgan fingerprint density at radius 1 is 1.00 bits per heavy atom. The lowest BCUT2D eigenvalue weighted by Crippen LogP contribution is -2.69. The summed E-state index contributed by atoms with van der Waals surface area (Å²) < 4.78 is 0. The van der Waals surface area contributed by atoms with Gasteiger partial charge in [0.25, 0.3) is 0 Å². The van der Waals surface area contributed by atoms with Gasteiger partial charge in [-0.1, -0.05) is 48.5 Å². The fraction of sp³-hybridized carbons (Fsp3) is 0.364. The van der Waals surface area contributed by atoms with Crippen LogP contribution in [0.1, 0.15) is 30.4 Å². The maximum atomic E-state index is 12.5. The summed E-state index contributed by atoms with van der Waals surface area (Å²) in [6, 6.07) is 16.8. The molecule has 0 spiro atoms. The third-order valence-corrected chi connectivity index (χ3v) is 6.28. The minimum Gasteiger partial charge on any atom is -0.351 e. The zero-order valence-electron chi connectivity index (χ0n) is 15.4. The van der Waals surface area contributed by atoms with Crippen LogP contribution in [0.3, 0.4) is 0 Å². The molecule has 2 aliphatic heterocycles. The van der Waals surface area contributed by atoms with Gasteiger partial charge in [0.1, 0.15) is 12.2 Å². The molecule has 138 valence electrons. The first kappa shape index (κ1) is 16.5. The fourth-order valence-corrected chi connectivity index (χ4v) is 4.93. The van der Waals surface area contributed by atoms with Gasteiger partial charge in [-0.2, -0.15) is 0 Å². The van der Waals surface area contributed by atoms with Crippen molar-refractivity contribution in [3.63, 3.8) is 0 Å². The standard InChI is InChI=1S/C22H23N3O2/c1-14-22(27)23-12-20-24(11-10-21(26)25(14)20)13-19-17-8-4-2-6-15(17)16-7-3-5-9-18(16)19/h2-9,14,19-20H,10-13H2,1H3,(H,23,27). The van der Waals surface area contributed by atoms with Crippen LogP contribution in [0.15, 0.2) is 48.5 Å². The molecular weight excluding hydrogens is 338 g/mol. The normalized spacial score (nSPS) is 25.0. The van der Waals surface area contributed by atoms with E-state index in [1.807, 2.05) is 6.92 Å². The maximum absolute atomic E-state index is 12.5. The SMILES string of the molecule is CC1C(=O)NCC2N(CC3c4ccccc4-c4ccccc43)CCC(=O)N12. The first-order valence-electron chi connectivity index (χ1n) is 9.66. The summed E-state index contributed by atoms with van der Waals surface area (Å²) in [5.41, 5.74) is 5.34. The minimum atomic E-state index is -0.401. The molecule has 2 heterocycles. The Balaban J connectivity index is 1.48. The van der Waals surface area contributed by atoms with Crippen LogP contribution in [0.5, 0.6) is 0 Å². The average Bonchev–Trinajstić information content (AvgIpc) is 3.01. The molecule has 1 N–H and O–H groups in total. The van der Waals surface area contributed by atoms with Gasteiger partial charge >= 0.3 is 0 Å². The molecule has 2 unspecified atom stereocenters. The largest absolute Gasteiger partial charge is 0.351 e. The van der Waals surface area contributed by atoms with Crippen molar-refractivity contribution < 1.29 is 9.59 Å². The molecule has 0 bridgehead atoms. The highest BCUT2D eigenvalue weighted by Gasteiger charge is 2.43. The van der Waals surface area contributed by atoms with E-state index in [2.05, 4.69) is 58.7 Å². The van der Waals surface area contributed by atoms with Gasteiger partial charge in [-0.25, -0.2) is 0 Å². The van der Waals surface area contributed by atoms with E-state index in [0.717, 1.165) is 13.1 Å². The summed E-state index contributed by atoms with van der Waals surface area (Å²) in [4.78, 5) is 28.7. The molecular formula is C22H23N3O2. The van der Waals surface area contributed by atoms with E-state index >= 15 is 0 Å². The predicted molar refractivity (Wildman–Crippen MR) is 103 cm³/mol. The molecule has 0 radical (unpaired) electrons. The van der Waals surface area contributed by atoms with Gasteiger partial charge in [0.2, 0.25) is 11.8 Å². The Hall–Kier alpha value is -2.66. The Morgan fingerprint density at radius 2 is 1.63 bits per heavy atom. The number of nitrogens with zero attached hydrogens (tertiary/aromatic N) is 2. The summed E-state index contributed by atoms with van der Waals surface area (Å²) in [5, 5.41) is 2.97. The van der Waals surface area contributed by atoms with Crippen molar-refractivity contribution in [1.29, 1.82) is 0 Å². The molecule has 2 aromatic carbocycles. The molecule has 5 nitrogen and oxygen atoms in total. The van der Waals surface area contributed by atoms with Crippen LogP contribution in [0.4, 0.5) is 0 Å². The van der Waals surface area contributed by atoms with Crippen LogP contribution in [-0.2, 0) is 9.59 Å². The minimum absolute atomic E-state index is 0.0566. The molecule has 0 saturated carbocycles. The third kappa shape index (κ3) is 2.49. The molecule has 27 heavy (non-hydrogen) atoms. The van der Waals surface area contributed by atoms with Gasteiger partial charge in [-0.15, -0.1) is 0 Å². The molecule has 2 amide bonds. The van der Waals surface area contributed by atoms with Crippen molar-refractivity contribution >= 4 is 11.8 Å². The summed E-state index contributed by atoms with van der Waals surface area (Å²) in [6.07, 6.45) is 0.420. The molecule has 2 aromatic rings. The van der Waals surface area contributed by atoms with Crippen molar-refractivity contribution in [1.82, 2.24) is 15.1 Å². The molecule has 2 fully saturated rings. The smallest absolute Gasteiger partial charge is 0.242 e. The van der Waals surface area contributed by atoms with Crippen LogP contribution in [0.25, 0.3) is 11.1 Å². The van der Waals surface area contributed by atoms with Gasteiger partial charge in [0.15, 0.2) is 0 Å². The first-order valence-corrected chi connectivity index (χ1v) is 9.66. The number of piperazine rings is 1. The van der Waals surface area contributed by atoms with E-state index in [-0.39, 0.29) is 18.0 Å². The van der Waals surface area contributed by atoms with Crippen molar-refractivity contribution in [3.8, 4) is 11.1 Å². The first-order chi connectivity index (χ1) is 13.1. The Morgan fingerprint density at radius 3 is 2.30 bits per heavy atom. The highest BCUT2D eigenvalue weighted by molar-refractivity contribution is 5.89. The number of carbonyl (C=O) groups is 2. The Labute approximate surface area is 159 Å². The number of carbonyl (C=O) groups excluding carboxylic acids is 2. The molecule has 1 aliphatic carbocycles. The number of hydrogen-bond donors (Lipinski definition) is 1. The number of rotatable bonds is 2. The molecule has 0 aromatic heterocycles. The lowest BCUT2D eigenvalue weighted by atomic mass is 9.95. The number of benzene rings is 2. The molecule has 5 rings (SSSR count). The van der Waals surface area contributed by atoms with Crippen LogP contribution in [0, 0.1) is 0 Å². The van der Waals surface area contributed by atoms with Gasteiger partial charge in [-0.05, 0) is 29.2 Å². The van der Waals surface area contributed by atoms with Gasteiger partial charge in [-0.3, -0.25) is 14.5 Å². The van der Waals surface area contributed by atoms with E-state index in [4.69, 9.17) is 0 Å². The third-order valence-electron chi connectivity index (χ3n) is 6.28. The quantitative estimate of drug-likeness (QED) is 0.892.